The third kappa shape index (κ3) is 5.34. The molecule has 0 N–H and O–H groups in total. The fourth-order valence-electron chi connectivity index (χ4n) is 2.84. The number of hydrogen-bond donors (Lipinski definition) is 0. The summed E-state index contributed by atoms with van der Waals surface area (Å²) >= 11 is 0. The molecule has 3 atom stereocenters. The molecule has 3 unspecified atom stereocenters. The summed E-state index contributed by atoms with van der Waals surface area (Å²) in [5.74, 6) is 1.80. The minimum absolute atomic E-state index is 0.0491. The van der Waals surface area contributed by atoms with Crippen molar-refractivity contribution in [3.05, 3.63) is 0 Å². The summed E-state index contributed by atoms with van der Waals surface area (Å²) in [6.45, 7) is 15.8. The van der Waals surface area contributed by atoms with Crippen LogP contribution in [0.15, 0.2) is 0 Å². The van der Waals surface area contributed by atoms with Crippen molar-refractivity contribution < 1.29 is 4.74 Å². The minimum Gasteiger partial charge on any atom is -0.381 e. The van der Waals surface area contributed by atoms with Gasteiger partial charge in [0.2, 0.25) is 0 Å². The van der Waals surface area contributed by atoms with Crippen molar-refractivity contribution in [2.75, 3.05) is 0 Å². The Bertz CT molecular complexity index is 215. The molecule has 2 heteroatoms. The molecule has 0 aromatic heterocycles. The Morgan fingerprint density at radius 1 is 1.06 bits per heavy atom. The van der Waals surface area contributed by atoms with E-state index in [0.29, 0.717) is 17.8 Å². The van der Waals surface area contributed by atoms with Crippen LogP contribution in [-0.4, -0.2) is 19.5 Å². The van der Waals surface area contributed by atoms with Crippen LogP contribution in [0, 0.1) is 17.8 Å². The summed E-state index contributed by atoms with van der Waals surface area (Å²) in [6.07, 6.45) is 4.25. The van der Waals surface area contributed by atoms with Gasteiger partial charge in [0.05, 0.1) is 5.60 Å². The molecule has 0 aromatic carbocycles. The molecule has 18 heavy (non-hydrogen) atoms. The predicted molar refractivity (Wildman–Crippen MR) is 82.0 cm³/mol. The second kappa shape index (κ2) is 8.25. The molecule has 0 saturated carbocycles. The van der Waals surface area contributed by atoms with Gasteiger partial charge in [-0.05, 0) is 37.0 Å². The highest BCUT2D eigenvalue weighted by atomic mass is 16.5. The van der Waals surface area contributed by atoms with Crippen molar-refractivity contribution in [2.24, 2.45) is 17.8 Å². The van der Waals surface area contributed by atoms with Crippen molar-refractivity contribution in [3.63, 3.8) is 0 Å². The Kier molecular flexibility index (Phi) is 8.26. The van der Waals surface area contributed by atoms with Gasteiger partial charge in [-0.15, -0.1) is 0 Å². The lowest BCUT2D eigenvalue weighted by atomic mass is 9.73. The summed E-state index contributed by atoms with van der Waals surface area (Å²) in [5.41, 5.74) is -0.0491. The Morgan fingerprint density at radius 2 is 1.61 bits per heavy atom. The van der Waals surface area contributed by atoms with Crippen LogP contribution in [0.4, 0.5) is 0 Å². The van der Waals surface area contributed by atoms with Gasteiger partial charge in [-0.3, -0.25) is 0 Å². The average molecular weight is 252 g/mol. The highest BCUT2D eigenvalue weighted by Crippen LogP contribution is 2.39. The molecule has 0 rings (SSSR count). The summed E-state index contributed by atoms with van der Waals surface area (Å²) in [4.78, 5) is 0. The summed E-state index contributed by atoms with van der Waals surface area (Å²) < 4.78 is 6.34. The zero-order valence-corrected chi connectivity index (χ0v) is 13.6. The van der Waals surface area contributed by atoms with Gasteiger partial charge in [-0.2, -0.15) is 0 Å². The first-order chi connectivity index (χ1) is 8.29. The zero-order chi connectivity index (χ0) is 14.3. The molecule has 1 nitrogen and oxygen atoms in total. The first kappa shape index (κ1) is 18.0. The lowest BCUT2D eigenvalue weighted by molar-refractivity contribution is -0.126. The molecule has 0 aromatic rings. The third-order valence-corrected chi connectivity index (χ3v) is 4.05. The molecule has 0 aliphatic carbocycles. The number of hydrogen-bond acceptors (Lipinski definition) is 1. The fourth-order valence-corrected chi connectivity index (χ4v) is 2.84. The van der Waals surface area contributed by atoms with E-state index in [1.165, 1.54) is 0 Å². The zero-order valence-electron chi connectivity index (χ0n) is 13.6. The molecule has 0 saturated heterocycles. The maximum absolute atomic E-state index is 6.34. The van der Waals surface area contributed by atoms with Crippen LogP contribution in [0.1, 0.15) is 74.1 Å². The van der Waals surface area contributed by atoms with Crippen LogP contribution in [0.3, 0.4) is 0 Å². The Labute approximate surface area is 116 Å². The van der Waals surface area contributed by atoms with E-state index in [1.54, 1.807) is 0 Å². The summed E-state index contributed by atoms with van der Waals surface area (Å²) in [5, 5.41) is 0. The van der Waals surface area contributed by atoms with Crippen LogP contribution < -0.4 is 0 Å². The lowest BCUT2D eigenvalue weighted by Gasteiger charge is -2.44. The van der Waals surface area contributed by atoms with E-state index in [0.717, 1.165) is 25.7 Å². The van der Waals surface area contributed by atoms with Crippen LogP contribution >= 0.6 is 0 Å². The van der Waals surface area contributed by atoms with Gasteiger partial charge in [0, 0.05) is 6.00 Å². The number of rotatable bonds is 9. The lowest BCUT2D eigenvalue weighted by Crippen LogP contribution is -2.46. The van der Waals surface area contributed by atoms with E-state index in [9.17, 15) is 0 Å². The molecule has 0 spiro atoms. The Morgan fingerprint density at radius 3 is 1.94 bits per heavy atom. The number of ether oxygens (including phenoxy) is 1. The van der Waals surface area contributed by atoms with Crippen LogP contribution in [0.25, 0.3) is 0 Å². The van der Waals surface area contributed by atoms with Crippen molar-refractivity contribution >= 4 is 7.85 Å². The summed E-state index contributed by atoms with van der Waals surface area (Å²) in [6, 6.07) is -0.128. The molecular formula is C16H33BO. The monoisotopic (exact) mass is 252 g/mol. The second-order valence-corrected chi connectivity index (χ2v) is 6.51. The van der Waals surface area contributed by atoms with E-state index >= 15 is 0 Å². The largest absolute Gasteiger partial charge is 0.381 e. The van der Waals surface area contributed by atoms with Crippen LogP contribution in [0.5, 0.6) is 0 Å². The van der Waals surface area contributed by atoms with Crippen molar-refractivity contribution in [1.29, 1.82) is 0 Å². The molecule has 0 heterocycles. The first-order valence-corrected chi connectivity index (χ1v) is 7.72. The standard InChI is InChI=1S/C16H33BO/c1-8-10-16(11-12(3)4,14(7)13(5)6)18-15(17)9-2/h12-15H,8-11H2,1-7H3. The fraction of sp³-hybridized carbons (Fsp3) is 1.00. The minimum atomic E-state index is -0.128. The molecule has 0 aliphatic heterocycles. The normalized spacial score (nSPS) is 18.9. The van der Waals surface area contributed by atoms with E-state index in [1.807, 2.05) is 0 Å². The molecule has 2 radical (unpaired) electrons. The van der Waals surface area contributed by atoms with Crippen LogP contribution in [0.2, 0.25) is 0 Å². The van der Waals surface area contributed by atoms with E-state index in [2.05, 4.69) is 48.5 Å². The molecule has 106 valence electrons. The van der Waals surface area contributed by atoms with Gasteiger partial charge < -0.3 is 4.74 Å². The van der Waals surface area contributed by atoms with Crippen molar-refractivity contribution in [1.82, 2.24) is 0 Å². The molecule has 0 amide bonds. The average Bonchev–Trinajstić information content (AvgIpc) is 2.26. The van der Waals surface area contributed by atoms with Crippen molar-refractivity contribution in [2.45, 2.75) is 85.8 Å². The van der Waals surface area contributed by atoms with E-state index in [4.69, 9.17) is 12.6 Å². The maximum atomic E-state index is 6.34. The third-order valence-electron chi connectivity index (χ3n) is 4.05. The first-order valence-electron chi connectivity index (χ1n) is 7.72. The Hall–Kier alpha value is 0.0249. The predicted octanol–water partition coefficient (Wildman–Crippen LogP) is 4.78. The quantitative estimate of drug-likeness (QED) is 0.536. The van der Waals surface area contributed by atoms with Gasteiger partial charge in [0.25, 0.3) is 0 Å². The van der Waals surface area contributed by atoms with Crippen molar-refractivity contribution in [3.8, 4) is 0 Å². The van der Waals surface area contributed by atoms with Gasteiger partial charge in [0.15, 0.2) is 0 Å². The molecule has 0 aliphatic rings. The van der Waals surface area contributed by atoms with Gasteiger partial charge in [-0.1, -0.05) is 54.9 Å². The van der Waals surface area contributed by atoms with Gasteiger partial charge in [0.1, 0.15) is 7.85 Å². The maximum Gasteiger partial charge on any atom is 0.109 e. The summed E-state index contributed by atoms with van der Waals surface area (Å²) in [7, 11) is 6.08. The van der Waals surface area contributed by atoms with Gasteiger partial charge >= 0.3 is 0 Å². The highest BCUT2D eigenvalue weighted by Gasteiger charge is 2.39. The molecular weight excluding hydrogens is 219 g/mol. The second-order valence-electron chi connectivity index (χ2n) is 6.51. The SMILES string of the molecule is [B]C(CC)OC(CCC)(CC(C)C)C(C)C(C)C. The smallest absolute Gasteiger partial charge is 0.109 e. The molecule has 0 fully saturated rings. The molecule has 0 bridgehead atoms. The van der Waals surface area contributed by atoms with Crippen LogP contribution in [-0.2, 0) is 4.74 Å². The van der Waals surface area contributed by atoms with Gasteiger partial charge in [-0.25, -0.2) is 0 Å². The Balaban J connectivity index is 5.12. The van der Waals surface area contributed by atoms with E-state index in [-0.39, 0.29) is 11.6 Å². The topological polar surface area (TPSA) is 9.23 Å². The van der Waals surface area contributed by atoms with E-state index < -0.39 is 0 Å². The highest BCUT2D eigenvalue weighted by molar-refractivity contribution is 6.10.